The van der Waals surface area contributed by atoms with Crippen LogP contribution < -0.4 is 0 Å². The van der Waals surface area contributed by atoms with Crippen LogP contribution in [-0.2, 0) is 18.4 Å². The second kappa shape index (κ2) is 10.7. The van der Waals surface area contributed by atoms with Crippen molar-refractivity contribution in [1.29, 1.82) is 0 Å². The summed E-state index contributed by atoms with van der Waals surface area (Å²) in [5.41, 5.74) is 10.3. The Kier molecular flexibility index (Phi) is 6.98. The maximum atomic E-state index is 5.29. The molecule has 0 unspecified atom stereocenters. The second-order valence-electron chi connectivity index (χ2n) is 14.4. The van der Waals surface area contributed by atoms with Crippen molar-refractivity contribution in [1.82, 2.24) is 9.55 Å². The van der Waals surface area contributed by atoms with E-state index in [2.05, 4.69) is 155 Å². The number of para-hydroxylation sites is 2. The fourth-order valence-corrected chi connectivity index (χ4v) is 7.70. The Morgan fingerprint density at radius 1 is 0.682 bits per heavy atom. The number of aromatic nitrogens is 2. The summed E-state index contributed by atoms with van der Waals surface area (Å²) in [6, 6.07) is 40.2. The van der Waals surface area contributed by atoms with Crippen LogP contribution in [0.2, 0.25) is 0 Å². The molecule has 2 nitrogen and oxygen atoms in total. The Bertz CT molecular complexity index is 2130. The van der Waals surface area contributed by atoms with E-state index in [4.69, 9.17) is 4.98 Å². The highest BCUT2D eigenvalue weighted by Gasteiger charge is 2.21. The van der Waals surface area contributed by atoms with Gasteiger partial charge in [0.15, 0.2) is 0 Å². The molecule has 2 heterocycles. The highest BCUT2D eigenvalue weighted by Crippen LogP contribution is 2.42. The van der Waals surface area contributed by atoms with E-state index in [0.717, 1.165) is 29.8 Å². The molecule has 44 heavy (non-hydrogen) atoms. The number of hydrogen-bond acceptors (Lipinski definition) is 2. The zero-order valence-electron chi connectivity index (χ0n) is 26.6. The second-order valence-corrected chi connectivity index (χ2v) is 15.4. The average Bonchev–Trinajstić information content (AvgIpc) is 3.54. The van der Waals surface area contributed by atoms with Gasteiger partial charge in [0.2, 0.25) is 0 Å². The monoisotopic (exact) mass is 592 g/mol. The Morgan fingerprint density at radius 3 is 2.23 bits per heavy atom. The van der Waals surface area contributed by atoms with Crippen molar-refractivity contribution in [3.8, 4) is 22.5 Å². The minimum atomic E-state index is 0.0679. The van der Waals surface area contributed by atoms with Gasteiger partial charge in [-0.15, -0.1) is 11.3 Å². The van der Waals surface area contributed by atoms with Gasteiger partial charge in [0.05, 0.1) is 17.6 Å². The Balaban J connectivity index is 1.41. The van der Waals surface area contributed by atoms with Crippen LogP contribution in [0.1, 0.15) is 58.2 Å². The number of imidazole rings is 1. The van der Waals surface area contributed by atoms with Gasteiger partial charge in [-0.2, -0.15) is 0 Å². The van der Waals surface area contributed by atoms with Gasteiger partial charge in [-0.25, -0.2) is 4.98 Å². The van der Waals surface area contributed by atoms with Crippen LogP contribution in [0.15, 0.2) is 109 Å². The van der Waals surface area contributed by atoms with E-state index in [1.165, 1.54) is 53.6 Å². The lowest BCUT2D eigenvalue weighted by atomic mass is 9.84. The van der Waals surface area contributed by atoms with E-state index in [9.17, 15) is 0 Å². The van der Waals surface area contributed by atoms with Crippen molar-refractivity contribution < 1.29 is 0 Å². The zero-order chi connectivity index (χ0) is 30.6. The Hall–Kier alpha value is -4.21. The van der Waals surface area contributed by atoms with E-state index in [0.29, 0.717) is 0 Å². The van der Waals surface area contributed by atoms with Crippen molar-refractivity contribution >= 4 is 42.5 Å². The molecule has 0 aliphatic rings. The first kappa shape index (κ1) is 28.6. The molecule has 3 heteroatoms. The van der Waals surface area contributed by atoms with Crippen molar-refractivity contribution in [2.24, 2.45) is 5.41 Å². The van der Waals surface area contributed by atoms with Crippen LogP contribution in [0.4, 0.5) is 0 Å². The zero-order valence-corrected chi connectivity index (χ0v) is 27.4. The maximum Gasteiger partial charge on any atom is 0.142 e. The van der Waals surface area contributed by atoms with E-state index in [1.807, 2.05) is 11.3 Å². The fourth-order valence-electron chi connectivity index (χ4n) is 6.42. The smallest absolute Gasteiger partial charge is 0.142 e. The molecular formula is C41H40N2S. The van der Waals surface area contributed by atoms with Gasteiger partial charge < -0.3 is 4.57 Å². The third kappa shape index (κ3) is 5.35. The SMILES string of the molecule is CC(C)(C)Cc1ccc2c(c1)sc1c(-c3nc4ccccc4n3Cc3ccc(C(C)(C)C)cc3-c3ccccc3)cccc12. The van der Waals surface area contributed by atoms with Crippen LogP contribution in [0.3, 0.4) is 0 Å². The van der Waals surface area contributed by atoms with E-state index >= 15 is 0 Å². The highest BCUT2D eigenvalue weighted by molar-refractivity contribution is 7.26. The summed E-state index contributed by atoms with van der Waals surface area (Å²) in [7, 11) is 0. The molecule has 220 valence electrons. The molecule has 0 N–H and O–H groups in total. The van der Waals surface area contributed by atoms with Crippen LogP contribution in [-0.4, -0.2) is 9.55 Å². The highest BCUT2D eigenvalue weighted by atomic mass is 32.1. The molecule has 0 spiro atoms. The Labute approximate surface area is 265 Å². The molecule has 0 bridgehead atoms. The molecule has 7 aromatic rings. The summed E-state index contributed by atoms with van der Waals surface area (Å²) in [6.07, 6.45) is 1.07. The van der Waals surface area contributed by atoms with Crippen LogP contribution >= 0.6 is 11.3 Å². The summed E-state index contributed by atoms with van der Waals surface area (Å²) in [5, 5.41) is 2.64. The molecule has 0 saturated carbocycles. The van der Waals surface area contributed by atoms with Crippen molar-refractivity contribution in [3.63, 3.8) is 0 Å². The van der Waals surface area contributed by atoms with Crippen LogP contribution in [0, 0.1) is 5.41 Å². The number of fused-ring (bicyclic) bond motifs is 4. The summed E-state index contributed by atoms with van der Waals surface area (Å²) >= 11 is 1.90. The first-order valence-electron chi connectivity index (χ1n) is 15.6. The largest absolute Gasteiger partial charge is 0.319 e. The molecule has 2 aromatic heterocycles. The summed E-state index contributed by atoms with van der Waals surface area (Å²) in [4.78, 5) is 5.29. The molecule has 7 rings (SSSR count). The number of benzene rings is 5. The minimum absolute atomic E-state index is 0.0679. The third-order valence-corrected chi connectivity index (χ3v) is 9.78. The van der Waals surface area contributed by atoms with Crippen molar-refractivity contribution in [3.05, 3.63) is 126 Å². The van der Waals surface area contributed by atoms with Crippen molar-refractivity contribution in [2.75, 3.05) is 0 Å². The van der Waals surface area contributed by atoms with E-state index in [-0.39, 0.29) is 10.8 Å². The van der Waals surface area contributed by atoms with Crippen molar-refractivity contribution in [2.45, 2.75) is 59.9 Å². The number of hydrogen-bond donors (Lipinski definition) is 0. The summed E-state index contributed by atoms with van der Waals surface area (Å²) < 4.78 is 5.08. The van der Waals surface area contributed by atoms with Gasteiger partial charge in [0.25, 0.3) is 0 Å². The van der Waals surface area contributed by atoms with Crippen LogP contribution in [0.5, 0.6) is 0 Å². The van der Waals surface area contributed by atoms with Gasteiger partial charge in [-0.05, 0) is 69.3 Å². The summed E-state index contributed by atoms with van der Waals surface area (Å²) in [6.45, 7) is 14.5. The summed E-state index contributed by atoms with van der Waals surface area (Å²) in [5.74, 6) is 1.03. The number of nitrogens with zero attached hydrogens (tertiary/aromatic N) is 2. The number of rotatable bonds is 5. The predicted octanol–water partition coefficient (Wildman–Crippen LogP) is 11.7. The lowest BCUT2D eigenvalue weighted by Gasteiger charge is -2.22. The molecule has 0 aliphatic heterocycles. The molecule has 0 radical (unpaired) electrons. The quantitative estimate of drug-likeness (QED) is 0.194. The lowest BCUT2D eigenvalue weighted by Crippen LogP contribution is -2.12. The van der Waals surface area contributed by atoms with E-state index in [1.54, 1.807) is 0 Å². The average molecular weight is 593 g/mol. The topological polar surface area (TPSA) is 17.8 Å². The van der Waals surface area contributed by atoms with Gasteiger partial charge in [0.1, 0.15) is 5.82 Å². The molecule has 0 fully saturated rings. The van der Waals surface area contributed by atoms with Gasteiger partial charge in [-0.3, -0.25) is 0 Å². The molecule has 0 amide bonds. The third-order valence-electron chi connectivity index (χ3n) is 8.58. The minimum Gasteiger partial charge on any atom is -0.319 e. The van der Waals surface area contributed by atoms with Crippen LogP contribution in [0.25, 0.3) is 53.7 Å². The molecule has 0 saturated heterocycles. The fraction of sp³-hybridized carbons (Fsp3) is 0.244. The molecule has 0 atom stereocenters. The molecule has 5 aromatic carbocycles. The standard InChI is InChI=1S/C41H40N2S/c1-40(2,3)25-27-19-22-31-32-15-12-16-33(38(32)44-37(31)23-27)39-42-35-17-10-11-18-36(35)43(39)26-29-20-21-30(41(4,5)6)24-34(29)28-13-8-7-9-14-28/h7-24H,25-26H2,1-6H3. The maximum absolute atomic E-state index is 5.29. The molecule has 0 aliphatic carbocycles. The van der Waals surface area contributed by atoms with E-state index < -0.39 is 0 Å². The normalized spacial score (nSPS) is 12.5. The predicted molar refractivity (Wildman–Crippen MR) is 191 cm³/mol. The lowest BCUT2D eigenvalue weighted by molar-refractivity contribution is 0.411. The molecular weight excluding hydrogens is 553 g/mol. The first-order valence-corrected chi connectivity index (χ1v) is 16.5. The Morgan fingerprint density at radius 2 is 1.45 bits per heavy atom. The first-order chi connectivity index (χ1) is 21.0. The van der Waals surface area contributed by atoms with Gasteiger partial charge in [0, 0.05) is 25.7 Å². The number of thiophene rings is 1. The van der Waals surface area contributed by atoms with Gasteiger partial charge >= 0.3 is 0 Å². The van der Waals surface area contributed by atoms with Gasteiger partial charge in [-0.1, -0.05) is 126 Å².